The summed E-state index contributed by atoms with van der Waals surface area (Å²) in [5, 5.41) is 31.7. The van der Waals surface area contributed by atoms with E-state index in [1.54, 1.807) is 0 Å². The van der Waals surface area contributed by atoms with Crippen molar-refractivity contribution in [2.45, 2.75) is 56.6 Å². The van der Waals surface area contributed by atoms with Crippen LogP contribution < -0.4 is 22.1 Å². The Morgan fingerprint density at radius 2 is 1.95 bits per heavy atom. The van der Waals surface area contributed by atoms with Gasteiger partial charge in [0.2, 0.25) is 5.95 Å². The fourth-order valence-electron chi connectivity index (χ4n) is 4.46. The number of hydrogen-bond acceptors (Lipinski definition) is 14. The van der Waals surface area contributed by atoms with Gasteiger partial charge in [0, 0.05) is 19.0 Å². The van der Waals surface area contributed by atoms with Crippen LogP contribution in [0.2, 0.25) is 0 Å². The van der Waals surface area contributed by atoms with Crippen LogP contribution in [0.5, 0.6) is 5.88 Å². The average Bonchev–Trinajstić information content (AvgIpc) is 3.56. The third kappa shape index (κ3) is 5.45. The minimum absolute atomic E-state index is 0.0166. The van der Waals surface area contributed by atoms with Gasteiger partial charge in [-0.2, -0.15) is 4.98 Å². The van der Waals surface area contributed by atoms with Gasteiger partial charge in [0.05, 0.1) is 25.6 Å². The summed E-state index contributed by atoms with van der Waals surface area (Å²) in [4.78, 5) is 48.2. The van der Waals surface area contributed by atoms with Gasteiger partial charge in [-0.15, -0.1) is 0 Å². The lowest BCUT2D eigenvalue weighted by Gasteiger charge is -2.21. The Hall–Kier alpha value is -3.22. The van der Waals surface area contributed by atoms with Gasteiger partial charge in [-0.25, -0.2) is 19.3 Å². The van der Waals surface area contributed by atoms with Gasteiger partial charge in [-0.3, -0.25) is 28.0 Å². The molecule has 2 aliphatic rings. The van der Waals surface area contributed by atoms with E-state index in [0.717, 1.165) is 4.57 Å². The van der Waals surface area contributed by atoms with Gasteiger partial charge < -0.3 is 35.4 Å². The molecule has 7 atom stereocenters. The second-order valence-corrected chi connectivity index (χ2v) is 10.5. The van der Waals surface area contributed by atoms with Gasteiger partial charge >= 0.3 is 13.5 Å². The molecule has 0 spiro atoms. The molecule has 1 unspecified atom stereocenters. The summed E-state index contributed by atoms with van der Waals surface area (Å²) in [7, 11) is -4.78. The summed E-state index contributed by atoms with van der Waals surface area (Å²) >= 11 is 0. The van der Waals surface area contributed by atoms with Gasteiger partial charge in [-0.05, 0) is 18.4 Å². The van der Waals surface area contributed by atoms with Crippen LogP contribution in [-0.4, -0.2) is 81.8 Å². The first-order valence-electron chi connectivity index (χ1n) is 11.7. The predicted molar refractivity (Wildman–Crippen MR) is 126 cm³/mol. The molecule has 19 heteroatoms. The monoisotopic (exact) mass is 570 g/mol. The molecule has 2 fully saturated rings. The van der Waals surface area contributed by atoms with Crippen molar-refractivity contribution in [2.24, 2.45) is 0 Å². The van der Waals surface area contributed by atoms with Crippen molar-refractivity contribution in [2.75, 3.05) is 18.9 Å². The predicted octanol–water partition coefficient (Wildman–Crippen LogP) is -2.23. The van der Waals surface area contributed by atoms with E-state index in [2.05, 4.69) is 19.9 Å². The third-order valence-corrected chi connectivity index (χ3v) is 7.41. The molecule has 5 rings (SSSR count). The molecule has 0 saturated carbocycles. The summed E-state index contributed by atoms with van der Waals surface area (Å²) < 4.78 is 36.7. The highest BCUT2D eigenvalue weighted by Gasteiger charge is 2.43. The number of rotatable bonds is 8. The summed E-state index contributed by atoms with van der Waals surface area (Å²) in [5.41, 5.74) is 4.50. The smallest absolute Gasteiger partial charge is 0.472 e. The zero-order valence-electron chi connectivity index (χ0n) is 20.3. The zero-order chi connectivity index (χ0) is 28.1. The maximum Gasteiger partial charge on any atom is 0.472 e. The fraction of sp³-hybridized carbons (Fsp3) is 0.550. The molecule has 18 nitrogen and oxygen atoms in total. The highest BCUT2D eigenvalue weighted by molar-refractivity contribution is 7.47. The van der Waals surface area contributed by atoms with Crippen LogP contribution in [0.4, 0.5) is 5.95 Å². The lowest BCUT2D eigenvalue weighted by atomic mass is 10.2. The van der Waals surface area contributed by atoms with Gasteiger partial charge in [0.1, 0.15) is 30.8 Å². The minimum Gasteiger partial charge on any atom is -0.858 e. The molecule has 2 aliphatic heterocycles. The van der Waals surface area contributed by atoms with Crippen LogP contribution >= 0.6 is 7.82 Å². The number of aliphatic hydroxyl groups is 2. The number of phosphoric ester groups is 1. The van der Waals surface area contributed by atoms with Crippen molar-refractivity contribution in [3.05, 3.63) is 38.9 Å². The number of ether oxygens (including phenoxy) is 2. The first-order valence-corrected chi connectivity index (χ1v) is 13.2. The Labute approximate surface area is 218 Å². The molecule has 6 N–H and O–H groups in total. The van der Waals surface area contributed by atoms with E-state index < -0.39 is 75.0 Å². The number of imidazole rings is 1. The average molecular weight is 570 g/mol. The molecule has 0 amide bonds. The topological polar surface area (TPSA) is 262 Å². The molecule has 0 bridgehead atoms. The molecule has 0 radical (unpaired) electrons. The van der Waals surface area contributed by atoms with Crippen LogP contribution in [0.15, 0.2) is 22.1 Å². The number of aliphatic hydroxyl groups excluding tert-OH is 2. The molecule has 3 aromatic heterocycles. The Kier molecular flexibility index (Phi) is 7.29. The first-order chi connectivity index (χ1) is 18.5. The van der Waals surface area contributed by atoms with Gasteiger partial charge in [0.15, 0.2) is 11.2 Å². The number of aromatic nitrogens is 6. The number of phosphoric acid groups is 1. The molecule has 212 valence electrons. The van der Waals surface area contributed by atoms with Crippen LogP contribution in [0.1, 0.15) is 30.9 Å². The maximum absolute atomic E-state index is 12.7. The number of hydrogen-bond donors (Lipinski definition) is 5. The van der Waals surface area contributed by atoms with E-state index in [1.807, 2.05) is 0 Å². The van der Waals surface area contributed by atoms with Crippen molar-refractivity contribution in [1.29, 1.82) is 0 Å². The number of nitrogens with zero attached hydrogens (tertiary/aromatic N) is 5. The first kappa shape index (κ1) is 27.4. The third-order valence-electron chi connectivity index (χ3n) is 6.39. The zero-order valence-corrected chi connectivity index (χ0v) is 21.2. The molecule has 0 aliphatic carbocycles. The minimum atomic E-state index is -4.78. The number of aryl methyl sites for hydroxylation is 1. The van der Waals surface area contributed by atoms with Crippen molar-refractivity contribution in [3.8, 4) is 5.88 Å². The molecule has 0 aromatic carbocycles. The largest absolute Gasteiger partial charge is 0.858 e. The number of nitrogen functional groups attached to an aromatic ring is 1. The number of aromatic amines is 1. The second-order valence-electron chi connectivity index (χ2n) is 9.08. The molecular formula is C20H25N7O11P-. The lowest BCUT2D eigenvalue weighted by molar-refractivity contribution is -0.276. The summed E-state index contributed by atoms with van der Waals surface area (Å²) in [5.74, 6) is -0.827. The SMILES string of the molecule is Cc1cn([C@H]2C[C@H](OP(=O)(O)OC[C@H]3O[C@@H](n4cnc5c(=O)[nH]c(N)nc54)C[C@@H]3O)[C@@H](CO)O2)c(=O)nc1[O-]. The van der Waals surface area contributed by atoms with E-state index in [9.17, 15) is 34.4 Å². The maximum atomic E-state index is 12.7. The van der Waals surface area contributed by atoms with Crippen LogP contribution in [0.3, 0.4) is 0 Å². The van der Waals surface area contributed by atoms with Crippen LogP contribution in [0.25, 0.3) is 11.2 Å². The standard InChI is InChI=1S/C20H26N7O11P/c1-8-4-26(20(32)25-17(8)30)14-3-10(11(5-28)36-14)38-39(33,34)35-6-12-9(29)2-13(37-12)27-7-22-15-16(27)23-19(21)24-18(15)31/h4,7,9-14,28-29H,2-3,5-6H2,1H3,(H,33,34)(H,25,30,32)(H3,21,23,24,31)/p-1/t9-,10-,11+,12+,13+,14+/m0/s1. The summed E-state index contributed by atoms with van der Waals surface area (Å²) in [6, 6.07) is 0. The van der Waals surface area contributed by atoms with Crippen molar-refractivity contribution < 1.29 is 43.3 Å². The highest BCUT2D eigenvalue weighted by atomic mass is 31.2. The normalized spacial score (nSPS) is 28.7. The molecule has 2 saturated heterocycles. The Bertz CT molecular complexity index is 1540. The Morgan fingerprint density at radius 3 is 2.69 bits per heavy atom. The van der Waals surface area contributed by atoms with Crippen molar-refractivity contribution in [3.63, 3.8) is 0 Å². The molecule has 3 aromatic rings. The van der Waals surface area contributed by atoms with Crippen LogP contribution in [-0.2, 0) is 23.1 Å². The van der Waals surface area contributed by atoms with Crippen molar-refractivity contribution >= 4 is 24.9 Å². The highest BCUT2D eigenvalue weighted by Crippen LogP contribution is 2.49. The molecule has 5 heterocycles. The number of nitrogens with two attached hydrogens (primary N) is 1. The van der Waals surface area contributed by atoms with E-state index in [0.29, 0.717) is 0 Å². The summed E-state index contributed by atoms with van der Waals surface area (Å²) in [6.45, 7) is 0.301. The van der Waals surface area contributed by atoms with Gasteiger partial charge in [0.25, 0.3) is 5.56 Å². The van der Waals surface area contributed by atoms with E-state index in [4.69, 9.17) is 24.3 Å². The fourth-order valence-corrected chi connectivity index (χ4v) is 5.42. The van der Waals surface area contributed by atoms with E-state index in [-0.39, 0.29) is 35.5 Å². The van der Waals surface area contributed by atoms with E-state index in [1.165, 1.54) is 24.0 Å². The number of fused-ring (bicyclic) bond motifs is 1. The Balaban J connectivity index is 1.22. The van der Waals surface area contributed by atoms with Gasteiger partial charge in [-0.1, -0.05) is 0 Å². The van der Waals surface area contributed by atoms with Crippen molar-refractivity contribution in [1.82, 2.24) is 29.1 Å². The Morgan fingerprint density at radius 1 is 1.23 bits per heavy atom. The number of H-pyrrole nitrogens is 1. The number of anilines is 1. The summed E-state index contributed by atoms with van der Waals surface area (Å²) in [6.07, 6.45) is -3.85. The van der Waals surface area contributed by atoms with E-state index >= 15 is 0 Å². The lowest BCUT2D eigenvalue weighted by Crippen LogP contribution is -2.29. The molecule has 39 heavy (non-hydrogen) atoms. The second kappa shape index (κ2) is 10.4. The number of nitrogens with one attached hydrogen (secondary N) is 1. The quantitative estimate of drug-likeness (QED) is 0.179. The molecular weight excluding hydrogens is 545 g/mol. The van der Waals surface area contributed by atoms with Crippen LogP contribution in [0, 0.1) is 6.92 Å².